The average molecular weight is 409 g/mol. The number of hydrogen-bond donors (Lipinski definition) is 1. The maximum Gasteiger partial charge on any atom is 0.248 e. The van der Waals surface area contributed by atoms with Gasteiger partial charge in [-0.1, -0.05) is 25.0 Å². The van der Waals surface area contributed by atoms with Crippen molar-refractivity contribution in [2.75, 3.05) is 13.2 Å². The van der Waals surface area contributed by atoms with Gasteiger partial charge in [0.15, 0.2) is 5.82 Å². The van der Waals surface area contributed by atoms with E-state index < -0.39 is 5.54 Å². The lowest BCUT2D eigenvalue weighted by atomic mass is 9.97. The molecule has 3 aromatic rings. The highest BCUT2D eigenvalue weighted by Gasteiger charge is 2.43. The number of fused-ring (bicyclic) bond motifs is 2. The molecular weight excluding hydrogens is 380 g/mol. The molecule has 1 saturated carbocycles. The van der Waals surface area contributed by atoms with E-state index in [0.29, 0.717) is 32.1 Å². The van der Waals surface area contributed by atoms with Gasteiger partial charge < -0.3 is 14.6 Å². The molecule has 8 nitrogen and oxygen atoms in total. The Balaban J connectivity index is 1.33. The van der Waals surface area contributed by atoms with Crippen LogP contribution >= 0.6 is 0 Å². The molecule has 0 bridgehead atoms. The topological polar surface area (TPSA) is 86.9 Å². The van der Waals surface area contributed by atoms with Gasteiger partial charge in [0.1, 0.15) is 23.8 Å². The predicted octanol–water partition coefficient (Wildman–Crippen LogP) is 2.43. The maximum absolute atomic E-state index is 13.3. The van der Waals surface area contributed by atoms with Gasteiger partial charge in [0.25, 0.3) is 0 Å². The van der Waals surface area contributed by atoms with Crippen LogP contribution in [-0.2, 0) is 35.1 Å². The number of nitrogens with zero attached hydrogens (tertiary/aromatic N) is 5. The number of nitrogens with one attached hydrogen (secondary N) is 1. The van der Waals surface area contributed by atoms with E-state index in [1.54, 1.807) is 0 Å². The molecule has 0 spiro atoms. The summed E-state index contributed by atoms with van der Waals surface area (Å²) in [5.41, 5.74) is 1.24. The summed E-state index contributed by atoms with van der Waals surface area (Å²) in [6.07, 6.45) is 5.32. The second kappa shape index (κ2) is 7.50. The van der Waals surface area contributed by atoms with Crippen molar-refractivity contribution in [3.8, 4) is 0 Å². The number of carbonyl (C=O) groups excluding carboxylic acids is 1. The third-order valence-corrected chi connectivity index (χ3v) is 6.59. The van der Waals surface area contributed by atoms with Gasteiger partial charge in [0.2, 0.25) is 5.91 Å². The van der Waals surface area contributed by atoms with Gasteiger partial charge in [-0.25, -0.2) is 4.98 Å². The van der Waals surface area contributed by atoms with Gasteiger partial charge in [0, 0.05) is 25.9 Å². The number of para-hydroxylation sites is 2. The van der Waals surface area contributed by atoms with E-state index in [-0.39, 0.29) is 5.91 Å². The number of amides is 1. The van der Waals surface area contributed by atoms with Crippen LogP contribution in [0.25, 0.3) is 11.0 Å². The zero-order chi connectivity index (χ0) is 20.7. The van der Waals surface area contributed by atoms with Crippen molar-refractivity contribution in [3.63, 3.8) is 0 Å². The van der Waals surface area contributed by atoms with Crippen LogP contribution in [0, 0.1) is 0 Å². The van der Waals surface area contributed by atoms with Crippen LogP contribution in [0.3, 0.4) is 0 Å². The van der Waals surface area contributed by atoms with Crippen molar-refractivity contribution in [1.29, 1.82) is 0 Å². The zero-order valence-corrected chi connectivity index (χ0v) is 17.6. The fraction of sp³-hybridized carbons (Fsp3) is 0.545. The van der Waals surface area contributed by atoms with Gasteiger partial charge in [0.05, 0.1) is 17.6 Å². The molecule has 5 rings (SSSR count). The Morgan fingerprint density at radius 2 is 2.07 bits per heavy atom. The van der Waals surface area contributed by atoms with Crippen molar-refractivity contribution in [2.45, 2.75) is 57.1 Å². The van der Waals surface area contributed by atoms with Crippen LogP contribution in [0.1, 0.15) is 56.0 Å². The van der Waals surface area contributed by atoms with Crippen LogP contribution < -0.4 is 5.32 Å². The summed E-state index contributed by atoms with van der Waals surface area (Å²) >= 11 is 0. The minimum Gasteiger partial charge on any atom is -0.370 e. The van der Waals surface area contributed by atoms with Crippen molar-refractivity contribution in [3.05, 3.63) is 41.7 Å². The Morgan fingerprint density at radius 1 is 1.27 bits per heavy atom. The van der Waals surface area contributed by atoms with E-state index in [1.807, 2.05) is 32.2 Å². The third kappa shape index (κ3) is 3.10. The molecule has 2 aromatic heterocycles. The first-order valence-corrected chi connectivity index (χ1v) is 10.8. The quantitative estimate of drug-likeness (QED) is 0.701. The van der Waals surface area contributed by atoms with E-state index in [9.17, 15) is 4.79 Å². The van der Waals surface area contributed by atoms with Crippen LogP contribution in [0.5, 0.6) is 0 Å². The van der Waals surface area contributed by atoms with E-state index in [1.165, 1.54) is 12.8 Å². The lowest BCUT2D eigenvalue weighted by Crippen LogP contribution is -2.53. The predicted molar refractivity (Wildman–Crippen MR) is 112 cm³/mol. The summed E-state index contributed by atoms with van der Waals surface area (Å²) in [5.74, 6) is 2.98. The number of hydrogen-bond acceptors (Lipinski definition) is 5. The largest absolute Gasteiger partial charge is 0.370 e. The second-order valence-corrected chi connectivity index (χ2v) is 8.64. The molecule has 1 aromatic carbocycles. The van der Waals surface area contributed by atoms with E-state index >= 15 is 0 Å². The average Bonchev–Trinajstić information content (AvgIpc) is 3.48. The highest BCUT2D eigenvalue weighted by atomic mass is 16.5. The second-order valence-electron chi connectivity index (χ2n) is 8.64. The lowest BCUT2D eigenvalue weighted by Gasteiger charge is -2.35. The molecule has 1 aliphatic heterocycles. The molecular formula is C22H28N6O2. The summed E-state index contributed by atoms with van der Waals surface area (Å²) in [6, 6.07) is 8.07. The maximum atomic E-state index is 13.3. The fourth-order valence-corrected chi connectivity index (χ4v) is 4.88. The number of imidazole rings is 1. The first-order chi connectivity index (χ1) is 14.6. The van der Waals surface area contributed by atoms with Crippen molar-refractivity contribution in [2.24, 2.45) is 7.05 Å². The number of ether oxygens (including phenoxy) is 1. The van der Waals surface area contributed by atoms with Crippen LogP contribution in [0.4, 0.5) is 0 Å². The van der Waals surface area contributed by atoms with Crippen LogP contribution in [0.15, 0.2) is 24.3 Å². The Morgan fingerprint density at radius 3 is 2.87 bits per heavy atom. The van der Waals surface area contributed by atoms with Crippen molar-refractivity contribution in [1.82, 2.24) is 29.6 Å². The summed E-state index contributed by atoms with van der Waals surface area (Å²) in [6.45, 7) is 3.18. The SMILES string of the molecule is Cn1c(CCNC(=O)C2(C)COCc3nnc(C4CCCC4)n32)nc2ccccc21. The molecule has 0 radical (unpaired) electrons. The standard InChI is InChI=1S/C22H28N6O2/c1-22(14-30-13-19-25-26-20(28(19)22)15-7-3-4-8-15)21(29)23-12-11-18-24-16-9-5-6-10-17(16)27(18)2/h5-6,9-10,15H,3-4,7-8,11-14H2,1-2H3,(H,23,29). The van der Waals surface area contributed by atoms with Gasteiger partial charge in [-0.3, -0.25) is 9.36 Å². The molecule has 1 unspecified atom stereocenters. The van der Waals surface area contributed by atoms with Crippen LogP contribution in [-0.4, -0.2) is 43.4 Å². The van der Waals surface area contributed by atoms with Gasteiger partial charge >= 0.3 is 0 Å². The first-order valence-electron chi connectivity index (χ1n) is 10.8. The van der Waals surface area contributed by atoms with Crippen LogP contribution in [0.2, 0.25) is 0 Å². The molecule has 3 heterocycles. The monoisotopic (exact) mass is 408 g/mol. The third-order valence-electron chi connectivity index (χ3n) is 6.59. The zero-order valence-electron chi connectivity index (χ0n) is 17.6. The van der Waals surface area contributed by atoms with Gasteiger partial charge in [-0.05, 0) is 31.9 Å². The van der Waals surface area contributed by atoms with Crippen molar-refractivity contribution >= 4 is 16.9 Å². The molecule has 0 saturated heterocycles. The fourth-order valence-electron chi connectivity index (χ4n) is 4.88. The highest BCUT2D eigenvalue weighted by molar-refractivity contribution is 5.84. The normalized spacial score (nSPS) is 21.8. The van der Waals surface area contributed by atoms with Gasteiger partial charge in [-0.2, -0.15) is 0 Å². The minimum absolute atomic E-state index is 0.0544. The Bertz CT molecular complexity index is 1080. The molecule has 1 N–H and O–H groups in total. The molecule has 30 heavy (non-hydrogen) atoms. The molecule has 1 fully saturated rings. The van der Waals surface area contributed by atoms with Crippen molar-refractivity contribution < 1.29 is 9.53 Å². The van der Waals surface area contributed by atoms with E-state index in [4.69, 9.17) is 9.72 Å². The minimum atomic E-state index is -0.832. The number of aromatic nitrogens is 5. The summed E-state index contributed by atoms with van der Waals surface area (Å²) < 4.78 is 9.87. The lowest BCUT2D eigenvalue weighted by molar-refractivity contribution is -0.135. The number of benzene rings is 1. The molecule has 1 atom stereocenters. The van der Waals surface area contributed by atoms with Gasteiger partial charge in [-0.15, -0.1) is 10.2 Å². The smallest absolute Gasteiger partial charge is 0.248 e. The first kappa shape index (κ1) is 19.2. The number of carbonyl (C=O) groups is 1. The summed E-state index contributed by atoms with van der Waals surface area (Å²) in [7, 11) is 2.01. The molecule has 158 valence electrons. The molecule has 1 amide bonds. The summed E-state index contributed by atoms with van der Waals surface area (Å²) in [5, 5.41) is 11.9. The summed E-state index contributed by atoms with van der Waals surface area (Å²) in [4.78, 5) is 18.0. The van der Waals surface area contributed by atoms with E-state index in [2.05, 4.69) is 30.7 Å². The Hall–Kier alpha value is -2.74. The molecule has 1 aliphatic carbocycles. The molecule has 8 heteroatoms. The Labute approximate surface area is 175 Å². The molecule has 2 aliphatic rings. The Kier molecular flexibility index (Phi) is 4.81. The van der Waals surface area contributed by atoms with E-state index in [0.717, 1.165) is 41.3 Å². The number of aryl methyl sites for hydroxylation is 1. The highest BCUT2D eigenvalue weighted by Crippen LogP contribution is 2.37. The number of rotatable bonds is 5.